The molecule has 3 N–H and O–H groups in total. The highest BCUT2D eigenvalue weighted by Gasteiger charge is 2.21. The van der Waals surface area contributed by atoms with Crippen LogP contribution in [-0.4, -0.2) is 28.6 Å². The van der Waals surface area contributed by atoms with Crippen molar-refractivity contribution in [2.45, 2.75) is 32.4 Å². The molecule has 1 fully saturated rings. The second kappa shape index (κ2) is 6.46. The molecule has 1 aliphatic heterocycles. The summed E-state index contributed by atoms with van der Waals surface area (Å²) in [5.74, 6) is 0.248. The van der Waals surface area contributed by atoms with Gasteiger partial charge in [-0.15, -0.1) is 11.3 Å². The first kappa shape index (κ1) is 15.0. The third-order valence-electron chi connectivity index (χ3n) is 3.90. The van der Waals surface area contributed by atoms with E-state index in [4.69, 9.17) is 0 Å². The Morgan fingerprint density at radius 1 is 1.55 bits per heavy atom. The van der Waals surface area contributed by atoms with E-state index in [-0.39, 0.29) is 17.7 Å². The zero-order valence-corrected chi connectivity index (χ0v) is 13.2. The van der Waals surface area contributed by atoms with Gasteiger partial charge in [0.1, 0.15) is 5.75 Å². The number of carbonyl (C=O) groups excluding carboxylic acids is 1. The Morgan fingerprint density at radius 2 is 2.41 bits per heavy atom. The number of aromatic nitrogens is 1. The lowest BCUT2D eigenvalue weighted by molar-refractivity contribution is -0.122. The van der Waals surface area contributed by atoms with E-state index in [9.17, 15) is 9.90 Å². The predicted octanol–water partition coefficient (Wildman–Crippen LogP) is 2.19. The second-order valence-corrected chi connectivity index (χ2v) is 6.34. The number of rotatable bonds is 4. The lowest BCUT2D eigenvalue weighted by atomic mass is 10.1. The largest absolute Gasteiger partial charge is 0.507 e. The smallest absolute Gasteiger partial charge is 0.237 e. The summed E-state index contributed by atoms with van der Waals surface area (Å²) in [7, 11) is 0. The normalized spacial score (nSPS) is 17.6. The molecule has 1 amide bonds. The van der Waals surface area contributed by atoms with Crippen LogP contribution in [0.5, 0.6) is 5.75 Å². The van der Waals surface area contributed by atoms with Gasteiger partial charge >= 0.3 is 0 Å². The van der Waals surface area contributed by atoms with Crippen molar-refractivity contribution in [3.05, 3.63) is 35.0 Å². The van der Waals surface area contributed by atoms with Crippen LogP contribution in [0.15, 0.2) is 23.7 Å². The molecule has 0 saturated carbocycles. The van der Waals surface area contributed by atoms with E-state index in [0.29, 0.717) is 6.54 Å². The molecule has 3 rings (SSSR count). The van der Waals surface area contributed by atoms with E-state index in [0.717, 1.165) is 41.1 Å². The molecule has 1 aliphatic rings. The minimum Gasteiger partial charge on any atom is -0.507 e. The topological polar surface area (TPSA) is 74.2 Å². The van der Waals surface area contributed by atoms with Gasteiger partial charge in [-0.25, -0.2) is 4.98 Å². The monoisotopic (exact) mass is 317 g/mol. The lowest BCUT2D eigenvalue weighted by Gasteiger charge is -2.12. The molecule has 1 unspecified atom stereocenters. The maximum atomic E-state index is 12.0. The molecule has 1 aromatic heterocycles. The van der Waals surface area contributed by atoms with Crippen LogP contribution in [0.25, 0.3) is 10.4 Å². The molecule has 22 heavy (non-hydrogen) atoms. The summed E-state index contributed by atoms with van der Waals surface area (Å²) in [5, 5.41) is 16.3. The fourth-order valence-corrected chi connectivity index (χ4v) is 3.50. The number of nitrogens with zero attached hydrogens (tertiary/aromatic N) is 1. The van der Waals surface area contributed by atoms with E-state index in [1.54, 1.807) is 11.6 Å². The molecular formula is C16H19N3O2S. The van der Waals surface area contributed by atoms with Gasteiger partial charge in [0.15, 0.2) is 0 Å². The number of carbonyl (C=O) groups is 1. The van der Waals surface area contributed by atoms with Gasteiger partial charge in [0.25, 0.3) is 0 Å². The predicted molar refractivity (Wildman–Crippen MR) is 86.8 cm³/mol. The molecule has 0 aliphatic carbocycles. The van der Waals surface area contributed by atoms with Crippen LogP contribution in [0, 0.1) is 6.92 Å². The number of phenolic OH excluding ortho intramolecular Hbond substituents is 1. The summed E-state index contributed by atoms with van der Waals surface area (Å²) in [6, 6.07) is 5.44. The Labute approximate surface area is 133 Å². The molecule has 0 spiro atoms. The van der Waals surface area contributed by atoms with Crippen molar-refractivity contribution in [3.8, 4) is 16.2 Å². The van der Waals surface area contributed by atoms with Crippen LogP contribution < -0.4 is 10.6 Å². The number of hydrogen-bond donors (Lipinski definition) is 3. The number of amides is 1. The average molecular weight is 317 g/mol. The fourth-order valence-electron chi connectivity index (χ4n) is 2.66. The molecular weight excluding hydrogens is 298 g/mol. The Kier molecular flexibility index (Phi) is 4.40. The molecule has 0 bridgehead atoms. The Bertz CT molecular complexity index is 678. The first-order valence-corrected chi connectivity index (χ1v) is 8.26. The Morgan fingerprint density at radius 3 is 3.05 bits per heavy atom. The van der Waals surface area contributed by atoms with Crippen molar-refractivity contribution >= 4 is 17.2 Å². The number of aryl methyl sites for hydroxylation is 1. The van der Waals surface area contributed by atoms with E-state index in [1.807, 2.05) is 19.1 Å². The van der Waals surface area contributed by atoms with Gasteiger partial charge in [0, 0.05) is 12.1 Å². The van der Waals surface area contributed by atoms with E-state index < -0.39 is 0 Å². The fraction of sp³-hybridized carbons (Fsp3) is 0.375. The molecule has 0 radical (unpaired) electrons. The maximum Gasteiger partial charge on any atom is 0.237 e. The van der Waals surface area contributed by atoms with Crippen LogP contribution in [0.3, 0.4) is 0 Å². The summed E-state index contributed by atoms with van der Waals surface area (Å²) in [4.78, 5) is 17.1. The number of thiazole rings is 1. The quantitative estimate of drug-likeness (QED) is 0.808. The minimum atomic E-state index is -0.0762. The summed E-state index contributed by atoms with van der Waals surface area (Å²) in [6.07, 6.45) is 1.93. The van der Waals surface area contributed by atoms with Gasteiger partial charge in [0.2, 0.25) is 5.91 Å². The Balaban J connectivity index is 1.67. The van der Waals surface area contributed by atoms with E-state index in [2.05, 4.69) is 15.6 Å². The van der Waals surface area contributed by atoms with Crippen molar-refractivity contribution in [1.29, 1.82) is 0 Å². The summed E-state index contributed by atoms with van der Waals surface area (Å²) in [5.41, 5.74) is 4.35. The third kappa shape index (κ3) is 3.13. The standard InChI is InChI=1S/C16H19N3O2S/c1-10-15(22-9-19-10)12-5-4-11(7-14(12)20)8-18-16(21)13-3-2-6-17-13/h4-5,7,9,13,17,20H,2-3,6,8H2,1H3,(H,18,21). The Hall–Kier alpha value is -1.92. The number of benzene rings is 1. The molecule has 1 atom stereocenters. The molecule has 1 saturated heterocycles. The van der Waals surface area contributed by atoms with E-state index in [1.165, 1.54) is 11.3 Å². The number of phenols is 1. The molecule has 1 aromatic carbocycles. The van der Waals surface area contributed by atoms with Crippen molar-refractivity contribution in [2.75, 3.05) is 6.54 Å². The average Bonchev–Trinajstić information content (AvgIpc) is 3.16. The van der Waals surface area contributed by atoms with Crippen LogP contribution in [-0.2, 0) is 11.3 Å². The van der Waals surface area contributed by atoms with E-state index >= 15 is 0 Å². The van der Waals surface area contributed by atoms with Crippen LogP contribution in [0.2, 0.25) is 0 Å². The van der Waals surface area contributed by atoms with Gasteiger partial charge < -0.3 is 15.7 Å². The SMILES string of the molecule is Cc1ncsc1-c1ccc(CNC(=O)C2CCCN2)cc1O. The summed E-state index contributed by atoms with van der Waals surface area (Å²) >= 11 is 1.51. The zero-order valence-electron chi connectivity index (χ0n) is 12.4. The lowest BCUT2D eigenvalue weighted by Crippen LogP contribution is -2.39. The number of hydrogen-bond acceptors (Lipinski definition) is 5. The van der Waals surface area contributed by atoms with Crippen molar-refractivity contribution < 1.29 is 9.90 Å². The minimum absolute atomic E-state index is 0.0272. The number of nitrogens with one attached hydrogen (secondary N) is 2. The van der Waals surface area contributed by atoms with Gasteiger partial charge in [-0.3, -0.25) is 4.79 Å². The van der Waals surface area contributed by atoms with Crippen molar-refractivity contribution in [3.63, 3.8) is 0 Å². The van der Waals surface area contributed by atoms with Gasteiger partial charge in [-0.2, -0.15) is 0 Å². The van der Waals surface area contributed by atoms with Crippen molar-refractivity contribution in [1.82, 2.24) is 15.6 Å². The molecule has 5 nitrogen and oxygen atoms in total. The molecule has 2 aromatic rings. The third-order valence-corrected chi connectivity index (χ3v) is 4.86. The number of aromatic hydroxyl groups is 1. The highest BCUT2D eigenvalue weighted by atomic mass is 32.1. The zero-order chi connectivity index (χ0) is 15.5. The molecule has 116 valence electrons. The van der Waals surface area contributed by atoms with Crippen LogP contribution in [0.4, 0.5) is 0 Å². The second-order valence-electron chi connectivity index (χ2n) is 5.49. The van der Waals surface area contributed by atoms with Crippen molar-refractivity contribution in [2.24, 2.45) is 0 Å². The van der Waals surface area contributed by atoms with Gasteiger partial charge in [0.05, 0.1) is 22.1 Å². The maximum absolute atomic E-state index is 12.0. The summed E-state index contributed by atoms with van der Waals surface area (Å²) in [6.45, 7) is 3.25. The van der Waals surface area contributed by atoms with Gasteiger partial charge in [-0.1, -0.05) is 6.07 Å². The molecule has 2 heterocycles. The summed E-state index contributed by atoms with van der Waals surface area (Å²) < 4.78 is 0. The first-order chi connectivity index (χ1) is 10.6. The highest BCUT2D eigenvalue weighted by molar-refractivity contribution is 7.13. The van der Waals surface area contributed by atoms with Crippen LogP contribution >= 0.6 is 11.3 Å². The highest BCUT2D eigenvalue weighted by Crippen LogP contribution is 2.34. The van der Waals surface area contributed by atoms with Crippen LogP contribution in [0.1, 0.15) is 24.1 Å². The van der Waals surface area contributed by atoms with Gasteiger partial charge in [-0.05, 0) is 44.0 Å². The first-order valence-electron chi connectivity index (χ1n) is 7.38. The molecule has 6 heteroatoms.